The van der Waals surface area contributed by atoms with Crippen molar-refractivity contribution in [3.8, 4) is 5.75 Å². The van der Waals surface area contributed by atoms with Crippen LogP contribution in [0.1, 0.15) is 26.3 Å². The summed E-state index contributed by atoms with van der Waals surface area (Å²) in [5.41, 5.74) is 1.14. The molecule has 7 heteroatoms. The largest absolute Gasteiger partial charge is 0.491 e. The minimum Gasteiger partial charge on any atom is -0.491 e. The van der Waals surface area contributed by atoms with Gasteiger partial charge in [-0.2, -0.15) is 11.8 Å². The Balaban J connectivity index is 0.00000576. The van der Waals surface area contributed by atoms with Crippen LogP contribution in [0.2, 0.25) is 0 Å². The smallest absolute Gasteiger partial charge is 0.191 e. The SMILES string of the molecule is CCNC(=NCC(C)(C)SC)NCC(O)COc1cccc(C)c1.I. The van der Waals surface area contributed by atoms with E-state index in [2.05, 4.69) is 35.7 Å². The molecule has 25 heavy (non-hydrogen) atoms. The number of aliphatic hydroxyl groups is 1. The quantitative estimate of drug-likeness (QED) is 0.288. The van der Waals surface area contributed by atoms with E-state index in [1.807, 2.05) is 38.1 Å². The van der Waals surface area contributed by atoms with Gasteiger partial charge in [0.05, 0.1) is 6.54 Å². The van der Waals surface area contributed by atoms with E-state index in [0.29, 0.717) is 19.0 Å². The molecule has 1 aromatic rings. The number of thioether (sulfide) groups is 1. The molecular weight excluding hydrogens is 449 g/mol. The molecule has 0 bridgehead atoms. The summed E-state index contributed by atoms with van der Waals surface area (Å²) in [7, 11) is 0. The van der Waals surface area contributed by atoms with Gasteiger partial charge in [0, 0.05) is 17.8 Å². The van der Waals surface area contributed by atoms with Gasteiger partial charge in [-0.25, -0.2) is 0 Å². The molecule has 0 aromatic heterocycles. The van der Waals surface area contributed by atoms with Gasteiger partial charge in [0.15, 0.2) is 5.96 Å². The highest BCUT2D eigenvalue weighted by atomic mass is 127. The second-order valence-electron chi connectivity index (χ2n) is 6.32. The zero-order chi connectivity index (χ0) is 18.0. The van der Waals surface area contributed by atoms with Crippen molar-refractivity contribution in [1.29, 1.82) is 0 Å². The summed E-state index contributed by atoms with van der Waals surface area (Å²) in [6.07, 6.45) is 1.48. The zero-order valence-electron chi connectivity index (χ0n) is 15.8. The second-order valence-corrected chi connectivity index (χ2v) is 7.83. The van der Waals surface area contributed by atoms with E-state index in [-0.39, 0.29) is 35.3 Å². The lowest BCUT2D eigenvalue weighted by atomic mass is 10.2. The van der Waals surface area contributed by atoms with E-state index in [1.165, 1.54) is 0 Å². The van der Waals surface area contributed by atoms with Crippen LogP contribution in [0.3, 0.4) is 0 Å². The van der Waals surface area contributed by atoms with E-state index in [0.717, 1.165) is 17.9 Å². The lowest BCUT2D eigenvalue weighted by molar-refractivity contribution is 0.110. The Morgan fingerprint density at radius 2 is 2.08 bits per heavy atom. The van der Waals surface area contributed by atoms with E-state index < -0.39 is 6.10 Å². The summed E-state index contributed by atoms with van der Waals surface area (Å²) in [4.78, 5) is 4.58. The summed E-state index contributed by atoms with van der Waals surface area (Å²) in [6, 6.07) is 7.80. The number of hydrogen-bond donors (Lipinski definition) is 3. The lowest BCUT2D eigenvalue weighted by Crippen LogP contribution is -2.43. The predicted molar refractivity (Wildman–Crippen MR) is 120 cm³/mol. The van der Waals surface area contributed by atoms with Crippen LogP contribution in [0.25, 0.3) is 0 Å². The number of guanidine groups is 1. The number of rotatable bonds is 9. The van der Waals surface area contributed by atoms with Crippen molar-refractivity contribution >= 4 is 41.7 Å². The highest BCUT2D eigenvalue weighted by Crippen LogP contribution is 2.20. The fraction of sp³-hybridized carbons (Fsp3) is 0.611. The summed E-state index contributed by atoms with van der Waals surface area (Å²) in [5, 5.41) is 16.5. The summed E-state index contributed by atoms with van der Waals surface area (Å²) < 4.78 is 5.71. The van der Waals surface area contributed by atoms with E-state index in [9.17, 15) is 5.11 Å². The van der Waals surface area contributed by atoms with Gasteiger partial charge in [-0.1, -0.05) is 12.1 Å². The molecule has 1 rings (SSSR count). The first-order valence-electron chi connectivity index (χ1n) is 8.31. The molecular formula is C18H32IN3O2S. The zero-order valence-corrected chi connectivity index (χ0v) is 19.0. The first-order valence-corrected chi connectivity index (χ1v) is 9.53. The molecule has 0 saturated heterocycles. The molecule has 1 unspecified atom stereocenters. The molecule has 0 aliphatic heterocycles. The average Bonchev–Trinajstić information content (AvgIpc) is 2.55. The van der Waals surface area contributed by atoms with Crippen molar-refractivity contribution in [2.75, 3.05) is 32.5 Å². The normalized spacial score (nSPS) is 13.0. The molecule has 0 spiro atoms. The molecule has 0 amide bonds. The predicted octanol–water partition coefficient (Wildman–Crippen LogP) is 3.05. The maximum atomic E-state index is 10.1. The van der Waals surface area contributed by atoms with E-state index >= 15 is 0 Å². The van der Waals surface area contributed by atoms with Gasteiger partial charge in [0.25, 0.3) is 0 Å². The molecule has 144 valence electrons. The van der Waals surface area contributed by atoms with Crippen molar-refractivity contribution in [3.05, 3.63) is 29.8 Å². The van der Waals surface area contributed by atoms with Crippen molar-refractivity contribution in [3.63, 3.8) is 0 Å². The van der Waals surface area contributed by atoms with Crippen LogP contribution in [0.15, 0.2) is 29.3 Å². The van der Waals surface area contributed by atoms with Gasteiger partial charge in [-0.15, -0.1) is 24.0 Å². The number of hydrogen-bond acceptors (Lipinski definition) is 4. The summed E-state index contributed by atoms with van der Waals surface area (Å²) in [5.74, 6) is 1.49. The number of nitrogens with one attached hydrogen (secondary N) is 2. The molecule has 1 atom stereocenters. The van der Waals surface area contributed by atoms with Gasteiger partial charge in [-0.05, 0) is 51.6 Å². The summed E-state index contributed by atoms with van der Waals surface area (Å²) in [6.45, 7) is 10.5. The first kappa shape index (κ1) is 24.3. The molecule has 1 aromatic carbocycles. The molecule has 3 N–H and O–H groups in total. The Hall–Kier alpha value is -0.670. The molecule has 0 saturated carbocycles. The van der Waals surface area contributed by atoms with Gasteiger partial charge in [0.2, 0.25) is 0 Å². The number of benzene rings is 1. The fourth-order valence-electron chi connectivity index (χ4n) is 1.85. The Kier molecular flexibility index (Phi) is 12.3. The maximum Gasteiger partial charge on any atom is 0.191 e. The number of aliphatic hydroxyl groups excluding tert-OH is 1. The Morgan fingerprint density at radius 1 is 1.36 bits per heavy atom. The monoisotopic (exact) mass is 481 g/mol. The molecule has 0 fully saturated rings. The third kappa shape index (κ3) is 10.8. The van der Waals surface area contributed by atoms with Gasteiger partial charge < -0.3 is 20.5 Å². The Labute approximate surface area is 173 Å². The van der Waals surface area contributed by atoms with Crippen molar-refractivity contribution < 1.29 is 9.84 Å². The van der Waals surface area contributed by atoms with Gasteiger partial charge in [0.1, 0.15) is 18.5 Å². The second kappa shape index (κ2) is 12.6. The van der Waals surface area contributed by atoms with E-state index in [4.69, 9.17) is 4.74 Å². The van der Waals surface area contributed by atoms with Crippen LogP contribution in [0.5, 0.6) is 5.75 Å². The van der Waals surface area contributed by atoms with Crippen LogP contribution in [0, 0.1) is 6.92 Å². The van der Waals surface area contributed by atoms with Crippen LogP contribution < -0.4 is 15.4 Å². The lowest BCUT2D eigenvalue weighted by Gasteiger charge is -2.21. The molecule has 0 aliphatic carbocycles. The Bertz CT molecular complexity index is 527. The third-order valence-corrected chi connectivity index (χ3v) is 4.69. The van der Waals surface area contributed by atoms with Crippen molar-refractivity contribution in [1.82, 2.24) is 10.6 Å². The number of ether oxygens (including phenoxy) is 1. The topological polar surface area (TPSA) is 65.9 Å². The fourth-order valence-corrected chi connectivity index (χ4v) is 2.04. The van der Waals surface area contributed by atoms with Crippen LogP contribution in [-0.2, 0) is 0 Å². The molecule has 0 aliphatic rings. The van der Waals surface area contributed by atoms with Crippen LogP contribution >= 0.6 is 35.7 Å². The Morgan fingerprint density at radius 3 is 2.68 bits per heavy atom. The number of aryl methyl sites for hydroxylation is 1. The average molecular weight is 481 g/mol. The van der Waals surface area contributed by atoms with Crippen LogP contribution in [-0.4, -0.2) is 54.4 Å². The summed E-state index contributed by atoms with van der Waals surface area (Å²) >= 11 is 1.79. The number of nitrogens with zero attached hydrogens (tertiary/aromatic N) is 1. The minimum atomic E-state index is -0.608. The highest BCUT2D eigenvalue weighted by Gasteiger charge is 2.15. The maximum absolute atomic E-state index is 10.1. The molecule has 0 radical (unpaired) electrons. The van der Waals surface area contributed by atoms with Gasteiger partial charge in [-0.3, -0.25) is 4.99 Å². The molecule has 5 nitrogen and oxygen atoms in total. The number of halogens is 1. The van der Waals surface area contributed by atoms with E-state index in [1.54, 1.807) is 11.8 Å². The van der Waals surface area contributed by atoms with Gasteiger partial charge >= 0.3 is 0 Å². The van der Waals surface area contributed by atoms with Crippen LogP contribution in [0.4, 0.5) is 0 Å². The van der Waals surface area contributed by atoms with Crippen molar-refractivity contribution in [2.45, 2.75) is 38.5 Å². The number of aliphatic imine (C=N–C) groups is 1. The van der Waals surface area contributed by atoms with Crippen molar-refractivity contribution in [2.24, 2.45) is 4.99 Å². The standard InChI is InChI=1S/C18H31N3O2S.HI/c1-6-19-17(21-13-18(3,4)24-5)20-11-15(22)12-23-16-9-7-8-14(2)10-16;/h7-10,15,22H,6,11-13H2,1-5H3,(H2,19,20,21);1H. The minimum absolute atomic E-state index is 0. The highest BCUT2D eigenvalue weighted by molar-refractivity contribution is 14.0. The third-order valence-electron chi connectivity index (χ3n) is 3.45. The molecule has 0 heterocycles. The first-order chi connectivity index (χ1) is 11.4.